The number of carbonyl (C=O) groups is 1. The molecule has 1 aliphatic rings. The number of hydrogen-bond acceptors (Lipinski definition) is 4. The van der Waals surface area contributed by atoms with E-state index in [4.69, 9.17) is 0 Å². The van der Waals surface area contributed by atoms with E-state index < -0.39 is 15.5 Å². The third-order valence-corrected chi connectivity index (χ3v) is 5.50. The number of guanidine groups is 1. The number of rotatable bonds is 6. The summed E-state index contributed by atoms with van der Waals surface area (Å²) in [4.78, 5) is 17.3. The molecule has 0 unspecified atom stereocenters. The van der Waals surface area contributed by atoms with Crippen molar-refractivity contribution in [3.05, 3.63) is 0 Å². The number of amides is 1. The highest BCUT2D eigenvalue weighted by Gasteiger charge is 2.50. The summed E-state index contributed by atoms with van der Waals surface area (Å²) in [5.41, 5.74) is -5.28. The fraction of sp³-hybridized carbons (Fsp3) is 0.857. The highest BCUT2D eigenvalue weighted by atomic mass is 32.2. The van der Waals surface area contributed by atoms with Crippen molar-refractivity contribution in [3.8, 4) is 0 Å². The van der Waals surface area contributed by atoms with Gasteiger partial charge in [0.15, 0.2) is 5.96 Å². The van der Waals surface area contributed by atoms with Crippen LogP contribution >= 0.6 is 0 Å². The number of carbonyl (C=O) groups excluding carboxylic acids is 1. The molecule has 0 aromatic carbocycles. The maximum atomic E-state index is 12.6. The van der Waals surface area contributed by atoms with E-state index >= 15 is 0 Å². The van der Waals surface area contributed by atoms with Gasteiger partial charge in [-0.05, 0) is 19.8 Å². The topological polar surface area (TPSA) is 94.1 Å². The van der Waals surface area contributed by atoms with Crippen LogP contribution in [0, 0.1) is 0 Å². The van der Waals surface area contributed by atoms with Gasteiger partial charge < -0.3 is 15.5 Å². The molecule has 0 radical (unpaired) electrons. The third-order valence-electron chi connectivity index (χ3n) is 3.87. The molecule has 0 aromatic rings. The maximum absolute atomic E-state index is 12.6. The van der Waals surface area contributed by atoms with E-state index in [2.05, 4.69) is 15.6 Å². The molecule has 2 N–H and O–H groups in total. The van der Waals surface area contributed by atoms with E-state index in [0.29, 0.717) is 16.8 Å². The Balaban J connectivity index is 2.58. The monoisotopic (exact) mass is 401 g/mol. The minimum atomic E-state index is -5.28. The van der Waals surface area contributed by atoms with E-state index in [1.807, 2.05) is 6.92 Å². The Kier molecular flexibility index (Phi) is 8.13. The Morgan fingerprint density at radius 3 is 2.31 bits per heavy atom. The van der Waals surface area contributed by atoms with Crippen LogP contribution < -0.4 is 10.6 Å². The molecule has 152 valence electrons. The van der Waals surface area contributed by atoms with E-state index in [9.17, 15) is 26.4 Å². The zero-order valence-corrected chi connectivity index (χ0v) is 16.0. The molecule has 1 amide bonds. The molecule has 0 bridgehead atoms. The van der Waals surface area contributed by atoms with Crippen LogP contribution in [0.5, 0.6) is 0 Å². The average molecular weight is 401 g/mol. The van der Waals surface area contributed by atoms with Crippen LogP contribution in [0.25, 0.3) is 0 Å². The van der Waals surface area contributed by atoms with Crippen molar-refractivity contribution in [2.24, 2.45) is 4.99 Å². The molecule has 1 saturated heterocycles. The highest BCUT2D eigenvalue weighted by Crippen LogP contribution is 2.28. The number of nitrogens with zero attached hydrogens (tertiary/aromatic N) is 3. The second-order valence-electron chi connectivity index (χ2n) is 6.07. The quantitative estimate of drug-likeness (QED) is 0.494. The lowest BCUT2D eigenvalue weighted by molar-refractivity contribution is -0.128. The van der Waals surface area contributed by atoms with E-state index in [1.54, 1.807) is 14.1 Å². The second kappa shape index (κ2) is 9.40. The molecule has 0 spiro atoms. The van der Waals surface area contributed by atoms with Gasteiger partial charge in [-0.3, -0.25) is 9.79 Å². The molecule has 0 saturated carbocycles. The molecule has 1 aliphatic heterocycles. The first-order valence-electron chi connectivity index (χ1n) is 8.30. The Morgan fingerprint density at radius 1 is 1.27 bits per heavy atom. The Morgan fingerprint density at radius 2 is 1.85 bits per heavy atom. The number of alkyl halides is 3. The molecule has 0 atom stereocenters. The van der Waals surface area contributed by atoms with Gasteiger partial charge in [0.05, 0.1) is 6.54 Å². The van der Waals surface area contributed by atoms with Gasteiger partial charge in [0.1, 0.15) is 0 Å². The Bertz CT molecular complexity index is 599. The van der Waals surface area contributed by atoms with Gasteiger partial charge in [0.2, 0.25) is 5.91 Å². The van der Waals surface area contributed by atoms with Crippen LogP contribution in [-0.4, -0.2) is 81.3 Å². The van der Waals surface area contributed by atoms with Crippen molar-refractivity contribution < 1.29 is 26.4 Å². The molecule has 1 heterocycles. The zero-order chi connectivity index (χ0) is 20.0. The number of nitrogens with one attached hydrogen (secondary N) is 2. The van der Waals surface area contributed by atoms with E-state index in [1.165, 1.54) is 4.90 Å². The summed E-state index contributed by atoms with van der Waals surface area (Å²) in [6, 6.07) is -0.197. The molecule has 8 nitrogen and oxygen atoms in total. The molecular weight excluding hydrogens is 375 g/mol. The van der Waals surface area contributed by atoms with Crippen molar-refractivity contribution in [2.75, 3.05) is 40.3 Å². The van der Waals surface area contributed by atoms with Crippen molar-refractivity contribution in [2.45, 2.75) is 37.7 Å². The van der Waals surface area contributed by atoms with Crippen molar-refractivity contribution in [3.63, 3.8) is 0 Å². The second-order valence-corrected chi connectivity index (χ2v) is 8.00. The van der Waals surface area contributed by atoms with Crippen molar-refractivity contribution in [1.29, 1.82) is 0 Å². The van der Waals surface area contributed by atoms with Crippen LogP contribution in [0.15, 0.2) is 4.99 Å². The fourth-order valence-corrected chi connectivity index (χ4v) is 3.37. The van der Waals surface area contributed by atoms with Gasteiger partial charge in [0, 0.05) is 46.2 Å². The number of aliphatic imine (C=N–C) groups is 1. The summed E-state index contributed by atoms with van der Waals surface area (Å²) in [5, 5.41) is 6.08. The lowest BCUT2D eigenvalue weighted by Crippen LogP contribution is -2.51. The zero-order valence-electron chi connectivity index (χ0n) is 15.1. The van der Waals surface area contributed by atoms with E-state index in [-0.39, 0.29) is 50.8 Å². The normalized spacial score (nSPS) is 17.8. The minimum Gasteiger partial charge on any atom is -0.357 e. The summed E-state index contributed by atoms with van der Waals surface area (Å²) in [6.07, 6.45) is 0.707. The molecule has 1 fully saturated rings. The molecule has 1 rings (SSSR count). The summed E-state index contributed by atoms with van der Waals surface area (Å²) in [5.74, 6) is 0.395. The molecule has 26 heavy (non-hydrogen) atoms. The number of piperidine rings is 1. The minimum absolute atomic E-state index is 0.0599. The SMILES string of the molecule is CCNC(=NCCC(=O)N(C)C)NC1CCN(S(=O)(=O)C(F)(F)F)CC1. The fourth-order valence-electron chi connectivity index (χ4n) is 2.39. The third kappa shape index (κ3) is 6.31. The summed E-state index contributed by atoms with van der Waals surface area (Å²) in [7, 11) is -1.97. The van der Waals surface area contributed by atoms with E-state index in [0.717, 1.165) is 0 Å². The van der Waals surface area contributed by atoms with Gasteiger partial charge >= 0.3 is 15.5 Å². The van der Waals surface area contributed by atoms with Crippen LogP contribution in [0.3, 0.4) is 0 Å². The standard InChI is InChI=1S/C14H26F3N5O3S/c1-4-18-13(19-8-5-12(23)21(2)3)20-11-6-9-22(10-7-11)26(24,25)14(15,16)17/h11H,4-10H2,1-3H3,(H2,18,19,20). The van der Waals surface area contributed by atoms with Gasteiger partial charge in [-0.2, -0.15) is 17.5 Å². The predicted octanol–water partition coefficient (Wildman–Crippen LogP) is 0.334. The molecule has 0 aromatic heterocycles. The summed E-state index contributed by atoms with van der Waals surface area (Å²) >= 11 is 0. The number of hydrogen-bond donors (Lipinski definition) is 2. The van der Waals surface area contributed by atoms with Crippen molar-refractivity contribution >= 4 is 21.9 Å². The molecule has 12 heteroatoms. The van der Waals surface area contributed by atoms with Gasteiger partial charge in [-0.25, -0.2) is 8.42 Å². The number of sulfonamides is 1. The Labute approximate surface area is 151 Å². The molecule has 0 aliphatic carbocycles. The van der Waals surface area contributed by atoms with Crippen LogP contribution in [0.4, 0.5) is 13.2 Å². The van der Waals surface area contributed by atoms with Gasteiger partial charge in [-0.1, -0.05) is 0 Å². The van der Waals surface area contributed by atoms with Gasteiger partial charge in [-0.15, -0.1) is 0 Å². The first-order valence-corrected chi connectivity index (χ1v) is 9.74. The van der Waals surface area contributed by atoms with Crippen LogP contribution in [0.2, 0.25) is 0 Å². The smallest absolute Gasteiger partial charge is 0.357 e. The summed E-state index contributed by atoms with van der Waals surface area (Å²) < 4.78 is 61.0. The predicted molar refractivity (Wildman–Crippen MR) is 92.0 cm³/mol. The Hall–Kier alpha value is -1.56. The first kappa shape index (κ1) is 22.5. The molecular formula is C14H26F3N5O3S. The van der Waals surface area contributed by atoms with Gasteiger partial charge in [0.25, 0.3) is 0 Å². The van der Waals surface area contributed by atoms with Crippen LogP contribution in [0.1, 0.15) is 26.2 Å². The number of halogens is 3. The van der Waals surface area contributed by atoms with Crippen LogP contribution in [-0.2, 0) is 14.8 Å². The van der Waals surface area contributed by atoms with Crippen molar-refractivity contribution in [1.82, 2.24) is 19.8 Å². The first-order chi connectivity index (χ1) is 12.0. The average Bonchev–Trinajstić information content (AvgIpc) is 2.54. The lowest BCUT2D eigenvalue weighted by atomic mass is 10.1. The maximum Gasteiger partial charge on any atom is 0.511 e. The summed E-state index contributed by atoms with van der Waals surface area (Å²) in [6.45, 7) is 2.29. The largest absolute Gasteiger partial charge is 0.511 e. The lowest BCUT2D eigenvalue weighted by Gasteiger charge is -2.32. The highest BCUT2D eigenvalue weighted by molar-refractivity contribution is 7.90.